The molecule has 1 aromatic carbocycles. The lowest BCUT2D eigenvalue weighted by Gasteiger charge is -2.11. The molecule has 0 saturated heterocycles. The second kappa shape index (κ2) is 6.16. The van der Waals surface area contributed by atoms with Gasteiger partial charge in [0.25, 0.3) is 5.91 Å². The van der Waals surface area contributed by atoms with Gasteiger partial charge in [0, 0.05) is 18.7 Å². The summed E-state index contributed by atoms with van der Waals surface area (Å²) in [4.78, 5) is 24.6. The SMILES string of the molecule is Cc1cc(C(=O)NCCN(C)C)ccc1C(=O)O. The first-order valence-electron chi connectivity index (χ1n) is 5.68. The van der Waals surface area contributed by atoms with Gasteiger partial charge in [0.2, 0.25) is 0 Å². The van der Waals surface area contributed by atoms with Crippen molar-refractivity contribution in [3.05, 3.63) is 34.9 Å². The Morgan fingerprint density at radius 2 is 2.00 bits per heavy atom. The second-order valence-corrected chi connectivity index (χ2v) is 4.39. The largest absolute Gasteiger partial charge is 0.478 e. The third kappa shape index (κ3) is 3.85. The Kier molecular flexibility index (Phi) is 4.85. The average molecular weight is 250 g/mol. The average Bonchev–Trinajstić information content (AvgIpc) is 2.27. The van der Waals surface area contributed by atoms with E-state index in [0.717, 1.165) is 6.54 Å². The maximum Gasteiger partial charge on any atom is 0.335 e. The number of carboxylic acids is 1. The van der Waals surface area contributed by atoms with E-state index in [1.807, 2.05) is 19.0 Å². The first-order chi connectivity index (χ1) is 8.41. The van der Waals surface area contributed by atoms with Crippen molar-refractivity contribution < 1.29 is 14.7 Å². The zero-order valence-corrected chi connectivity index (χ0v) is 10.9. The molecule has 0 heterocycles. The number of carbonyl (C=O) groups is 2. The molecule has 18 heavy (non-hydrogen) atoms. The first kappa shape index (κ1) is 14.2. The van der Waals surface area contributed by atoms with Crippen LogP contribution in [-0.4, -0.2) is 49.1 Å². The van der Waals surface area contributed by atoms with E-state index in [2.05, 4.69) is 5.32 Å². The van der Waals surface area contributed by atoms with E-state index in [-0.39, 0.29) is 11.5 Å². The molecule has 1 amide bonds. The molecule has 1 rings (SSSR count). The molecule has 0 aliphatic carbocycles. The van der Waals surface area contributed by atoms with Gasteiger partial charge in [-0.1, -0.05) is 0 Å². The van der Waals surface area contributed by atoms with Gasteiger partial charge in [-0.05, 0) is 44.8 Å². The Hall–Kier alpha value is -1.88. The highest BCUT2D eigenvalue weighted by atomic mass is 16.4. The van der Waals surface area contributed by atoms with Gasteiger partial charge in [-0.25, -0.2) is 4.79 Å². The summed E-state index contributed by atoms with van der Waals surface area (Å²) in [7, 11) is 3.86. The lowest BCUT2D eigenvalue weighted by atomic mass is 10.0. The number of hydrogen-bond donors (Lipinski definition) is 2. The maximum atomic E-state index is 11.8. The molecule has 0 atom stereocenters. The highest BCUT2D eigenvalue weighted by Crippen LogP contribution is 2.11. The van der Waals surface area contributed by atoms with E-state index in [0.29, 0.717) is 17.7 Å². The summed E-state index contributed by atoms with van der Waals surface area (Å²) in [5.74, 6) is -1.16. The first-order valence-corrected chi connectivity index (χ1v) is 5.68. The fraction of sp³-hybridized carbons (Fsp3) is 0.385. The van der Waals surface area contributed by atoms with E-state index >= 15 is 0 Å². The van der Waals surface area contributed by atoms with Gasteiger partial charge in [-0.3, -0.25) is 4.79 Å². The summed E-state index contributed by atoms with van der Waals surface area (Å²) < 4.78 is 0. The molecule has 98 valence electrons. The van der Waals surface area contributed by atoms with Crippen LogP contribution in [0.15, 0.2) is 18.2 Å². The minimum Gasteiger partial charge on any atom is -0.478 e. The van der Waals surface area contributed by atoms with Gasteiger partial charge in [0.15, 0.2) is 0 Å². The highest BCUT2D eigenvalue weighted by Gasteiger charge is 2.10. The standard InChI is InChI=1S/C13H18N2O3/c1-9-8-10(4-5-11(9)13(17)18)12(16)14-6-7-15(2)3/h4-5,8H,6-7H2,1-3H3,(H,14,16)(H,17,18). The van der Waals surface area contributed by atoms with Gasteiger partial charge in [0.1, 0.15) is 0 Å². The van der Waals surface area contributed by atoms with Crippen LogP contribution in [0.25, 0.3) is 0 Å². The summed E-state index contributed by atoms with van der Waals surface area (Å²) in [6, 6.07) is 4.58. The van der Waals surface area contributed by atoms with Gasteiger partial charge in [-0.2, -0.15) is 0 Å². The van der Waals surface area contributed by atoms with Crippen molar-refractivity contribution in [3.63, 3.8) is 0 Å². The molecule has 0 aliphatic heterocycles. The zero-order chi connectivity index (χ0) is 13.7. The van der Waals surface area contributed by atoms with Crippen molar-refractivity contribution in [2.75, 3.05) is 27.2 Å². The number of carboxylic acid groups (broad SMARTS) is 1. The normalized spacial score (nSPS) is 10.4. The molecule has 5 nitrogen and oxygen atoms in total. The fourth-order valence-corrected chi connectivity index (χ4v) is 1.54. The molecule has 0 unspecified atom stereocenters. The number of nitrogens with one attached hydrogen (secondary N) is 1. The molecule has 0 fully saturated rings. The summed E-state index contributed by atoms with van der Waals surface area (Å²) in [6.45, 7) is 3.00. The van der Waals surface area contributed by atoms with E-state index in [9.17, 15) is 9.59 Å². The van der Waals surface area contributed by atoms with Crippen LogP contribution in [0.5, 0.6) is 0 Å². The number of aromatic carboxylic acids is 1. The molecule has 2 N–H and O–H groups in total. The van der Waals surface area contributed by atoms with Crippen LogP contribution in [0.4, 0.5) is 0 Å². The van der Waals surface area contributed by atoms with Gasteiger partial charge < -0.3 is 15.3 Å². The molecule has 0 bridgehead atoms. The summed E-state index contributed by atoms with van der Waals surface area (Å²) in [5.41, 5.74) is 1.29. The van der Waals surface area contributed by atoms with Crippen LogP contribution in [0.3, 0.4) is 0 Å². The summed E-state index contributed by atoms with van der Waals surface area (Å²) in [5, 5.41) is 11.7. The summed E-state index contributed by atoms with van der Waals surface area (Å²) in [6.07, 6.45) is 0. The molecule has 0 spiro atoms. The topological polar surface area (TPSA) is 69.6 Å². The van der Waals surface area contributed by atoms with E-state index in [1.165, 1.54) is 12.1 Å². The van der Waals surface area contributed by atoms with Crippen LogP contribution in [-0.2, 0) is 0 Å². The van der Waals surface area contributed by atoms with Crippen LogP contribution < -0.4 is 5.32 Å². The molecule has 0 aliphatic rings. The van der Waals surface area contributed by atoms with Crippen molar-refractivity contribution in [2.45, 2.75) is 6.92 Å². The minimum absolute atomic E-state index is 0.183. The molecule has 1 aromatic rings. The lowest BCUT2D eigenvalue weighted by molar-refractivity contribution is 0.0695. The molecular formula is C13H18N2O3. The molecular weight excluding hydrogens is 232 g/mol. The summed E-state index contributed by atoms with van der Waals surface area (Å²) >= 11 is 0. The number of benzene rings is 1. The number of carbonyl (C=O) groups excluding carboxylic acids is 1. The van der Waals surface area contributed by atoms with Crippen LogP contribution in [0.2, 0.25) is 0 Å². The maximum absolute atomic E-state index is 11.8. The number of rotatable bonds is 5. The number of nitrogens with zero attached hydrogens (tertiary/aromatic N) is 1. The lowest BCUT2D eigenvalue weighted by Crippen LogP contribution is -2.31. The Morgan fingerprint density at radius 1 is 1.33 bits per heavy atom. The smallest absolute Gasteiger partial charge is 0.335 e. The number of aryl methyl sites for hydroxylation is 1. The molecule has 0 radical (unpaired) electrons. The van der Waals surface area contributed by atoms with Crippen LogP contribution >= 0.6 is 0 Å². The molecule has 0 saturated carbocycles. The zero-order valence-electron chi connectivity index (χ0n) is 10.9. The van der Waals surface area contributed by atoms with Crippen molar-refractivity contribution in [1.82, 2.24) is 10.2 Å². The Labute approximate surface area is 106 Å². The van der Waals surface area contributed by atoms with E-state index in [1.54, 1.807) is 13.0 Å². The Bertz CT molecular complexity index is 456. The van der Waals surface area contributed by atoms with Crippen LogP contribution in [0.1, 0.15) is 26.3 Å². The van der Waals surface area contributed by atoms with Gasteiger partial charge in [0.05, 0.1) is 5.56 Å². The Morgan fingerprint density at radius 3 is 2.50 bits per heavy atom. The van der Waals surface area contributed by atoms with Crippen molar-refractivity contribution in [2.24, 2.45) is 0 Å². The molecule has 5 heteroatoms. The number of likely N-dealkylation sites (N-methyl/N-ethyl adjacent to an activating group) is 1. The Balaban J connectivity index is 2.70. The van der Waals surface area contributed by atoms with Crippen LogP contribution in [0, 0.1) is 6.92 Å². The fourth-order valence-electron chi connectivity index (χ4n) is 1.54. The monoisotopic (exact) mass is 250 g/mol. The predicted octanol–water partition coefficient (Wildman–Crippen LogP) is 0.985. The van der Waals surface area contributed by atoms with Crippen molar-refractivity contribution in [3.8, 4) is 0 Å². The molecule has 0 aromatic heterocycles. The third-order valence-corrected chi connectivity index (χ3v) is 2.56. The van der Waals surface area contributed by atoms with Gasteiger partial charge in [-0.15, -0.1) is 0 Å². The minimum atomic E-state index is -0.980. The highest BCUT2D eigenvalue weighted by molar-refractivity contribution is 5.96. The van der Waals surface area contributed by atoms with Crippen molar-refractivity contribution >= 4 is 11.9 Å². The van der Waals surface area contributed by atoms with Gasteiger partial charge >= 0.3 is 5.97 Å². The van der Waals surface area contributed by atoms with E-state index < -0.39 is 5.97 Å². The quantitative estimate of drug-likeness (QED) is 0.817. The number of hydrogen-bond acceptors (Lipinski definition) is 3. The van der Waals surface area contributed by atoms with Crippen molar-refractivity contribution in [1.29, 1.82) is 0 Å². The predicted molar refractivity (Wildman–Crippen MR) is 69.0 cm³/mol. The second-order valence-electron chi connectivity index (χ2n) is 4.39. The third-order valence-electron chi connectivity index (χ3n) is 2.56. The van der Waals surface area contributed by atoms with E-state index in [4.69, 9.17) is 5.11 Å². The number of amides is 1.